The molecule has 0 aromatic carbocycles. The van der Waals surface area contributed by atoms with E-state index in [-0.39, 0.29) is 29.1 Å². The lowest BCUT2D eigenvalue weighted by atomic mass is 10.0. The minimum Gasteiger partial charge on any atom is -0.346 e. The van der Waals surface area contributed by atoms with Crippen LogP contribution in [0, 0.1) is 5.92 Å². The van der Waals surface area contributed by atoms with E-state index in [4.69, 9.17) is 0 Å². The van der Waals surface area contributed by atoms with Gasteiger partial charge in [0.05, 0.1) is 24.5 Å². The zero-order valence-electron chi connectivity index (χ0n) is 13.8. The van der Waals surface area contributed by atoms with Gasteiger partial charge in [-0.2, -0.15) is 5.10 Å². The third-order valence-corrected chi connectivity index (χ3v) is 4.17. The average molecular weight is 327 g/mol. The molecule has 1 aliphatic rings. The summed E-state index contributed by atoms with van der Waals surface area (Å²) in [5.74, 6) is 0.320. The van der Waals surface area contributed by atoms with Gasteiger partial charge >= 0.3 is 0 Å². The molecule has 2 heterocycles. The van der Waals surface area contributed by atoms with E-state index >= 15 is 0 Å². The summed E-state index contributed by atoms with van der Waals surface area (Å²) in [6.45, 7) is 4.33. The highest BCUT2D eigenvalue weighted by Gasteiger charge is 2.26. The van der Waals surface area contributed by atoms with Crippen molar-refractivity contribution >= 4 is 5.91 Å². The Morgan fingerprint density at radius 2 is 2.12 bits per heavy atom. The number of hydrogen-bond acceptors (Lipinski definition) is 5. The Kier molecular flexibility index (Phi) is 4.69. The number of aromatic nitrogens is 4. The molecular formula is C17H21N5O2. The van der Waals surface area contributed by atoms with Crippen molar-refractivity contribution in [2.75, 3.05) is 0 Å². The highest BCUT2D eigenvalue weighted by molar-refractivity contribution is 5.92. The number of rotatable bonds is 6. The van der Waals surface area contributed by atoms with Crippen LogP contribution in [0.15, 0.2) is 35.5 Å². The Morgan fingerprint density at radius 3 is 2.75 bits per heavy atom. The quantitative estimate of drug-likeness (QED) is 0.865. The van der Waals surface area contributed by atoms with Gasteiger partial charge in [-0.05, 0) is 24.8 Å². The van der Waals surface area contributed by atoms with Crippen LogP contribution in [-0.4, -0.2) is 31.7 Å². The monoisotopic (exact) mass is 327 g/mol. The van der Waals surface area contributed by atoms with E-state index in [9.17, 15) is 9.59 Å². The molecule has 3 rings (SSSR count). The fourth-order valence-electron chi connectivity index (χ4n) is 2.46. The Bertz CT molecular complexity index is 768. The normalized spacial score (nSPS) is 15.3. The van der Waals surface area contributed by atoms with E-state index in [2.05, 4.69) is 20.4 Å². The van der Waals surface area contributed by atoms with Gasteiger partial charge in [0.1, 0.15) is 5.69 Å². The zero-order chi connectivity index (χ0) is 17.1. The minimum absolute atomic E-state index is 0.143. The molecular weight excluding hydrogens is 306 g/mol. The minimum atomic E-state index is -0.298. The van der Waals surface area contributed by atoms with E-state index < -0.39 is 0 Å². The van der Waals surface area contributed by atoms with Crippen LogP contribution in [0.25, 0.3) is 0 Å². The molecule has 1 atom stereocenters. The van der Waals surface area contributed by atoms with Gasteiger partial charge in [0.25, 0.3) is 11.5 Å². The molecule has 126 valence electrons. The Morgan fingerprint density at radius 1 is 1.33 bits per heavy atom. The molecule has 1 amide bonds. The lowest BCUT2D eigenvalue weighted by Crippen LogP contribution is -2.44. The van der Waals surface area contributed by atoms with Crippen molar-refractivity contribution in [3.8, 4) is 0 Å². The predicted octanol–water partition coefficient (Wildman–Crippen LogP) is 1.37. The van der Waals surface area contributed by atoms with E-state index in [0.29, 0.717) is 12.5 Å². The van der Waals surface area contributed by atoms with E-state index in [0.717, 1.165) is 18.5 Å². The van der Waals surface area contributed by atoms with Crippen LogP contribution >= 0.6 is 0 Å². The fraction of sp³-hybridized carbons (Fsp3) is 0.471. The maximum atomic E-state index is 12.3. The Balaban J connectivity index is 1.76. The van der Waals surface area contributed by atoms with Crippen LogP contribution < -0.4 is 10.9 Å². The van der Waals surface area contributed by atoms with Crippen molar-refractivity contribution in [2.24, 2.45) is 5.92 Å². The zero-order valence-corrected chi connectivity index (χ0v) is 13.8. The van der Waals surface area contributed by atoms with Crippen molar-refractivity contribution in [1.82, 2.24) is 25.1 Å². The summed E-state index contributed by atoms with van der Waals surface area (Å²) in [5, 5.41) is 7.39. The molecule has 24 heavy (non-hydrogen) atoms. The topological polar surface area (TPSA) is 89.8 Å². The molecule has 2 aromatic rings. The number of amides is 1. The Hall–Kier alpha value is -2.57. The molecule has 7 nitrogen and oxygen atoms in total. The second-order valence-corrected chi connectivity index (χ2v) is 6.47. The number of carbonyl (C=O) groups is 1. The van der Waals surface area contributed by atoms with Gasteiger partial charge in [-0.3, -0.25) is 14.6 Å². The predicted molar refractivity (Wildman–Crippen MR) is 88.6 cm³/mol. The third-order valence-electron chi connectivity index (χ3n) is 4.17. The second kappa shape index (κ2) is 6.90. The number of nitrogens with one attached hydrogen (secondary N) is 1. The smallest absolute Gasteiger partial charge is 0.271 e. The maximum absolute atomic E-state index is 12.3. The molecule has 0 unspecified atom stereocenters. The SMILES string of the molecule is CC(C)[C@@H](Cn1nc(C2CC2)ccc1=O)NC(=O)c1cnccn1. The van der Waals surface area contributed by atoms with Gasteiger partial charge in [0.15, 0.2) is 0 Å². The molecule has 0 radical (unpaired) electrons. The van der Waals surface area contributed by atoms with Crippen LogP contribution in [0.3, 0.4) is 0 Å². The summed E-state index contributed by atoms with van der Waals surface area (Å²) < 4.78 is 1.45. The van der Waals surface area contributed by atoms with Gasteiger partial charge in [-0.25, -0.2) is 9.67 Å². The Labute approximate surface area is 140 Å². The van der Waals surface area contributed by atoms with Crippen LogP contribution in [0.5, 0.6) is 0 Å². The number of carbonyl (C=O) groups excluding carboxylic acids is 1. The van der Waals surface area contributed by atoms with Crippen molar-refractivity contribution in [3.63, 3.8) is 0 Å². The van der Waals surface area contributed by atoms with Crippen LogP contribution in [-0.2, 0) is 6.54 Å². The molecule has 0 spiro atoms. The van der Waals surface area contributed by atoms with Gasteiger partial charge in [-0.15, -0.1) is 0 Å². The first-order valence-electron chi connectivity index (χ1n) is 8.19. The van der Waals surface area contributed by atoms with Crippen molar-refractivity contribution in [3.05, 3.63) is 52.5 Å². The van der Waals surface area contributed by atoms with E-state index in [1.54, 1.807) is 12.1 Å². The maximum Gasteiger partial charge on any atom is 0.271 e. The summed E-state index contributed by atoms with van der Waals surface area (Å²) in [4.78, 5) is 32.3. The fourth-order valence-corrected chi connectivity index (χ4v) is 2.46. The van der Waals surface area contributed by atoms with E-state index in [1.807, 2.05) is 13.8 Å². The summed E-state index contributed by atoms with van der Waals surface area (Å²) in [5.41, 5.74) is 1.06. The van der Waals surface area contributed by atoms with Crippen molar-refractivity contribution in [2.45, 2.75) is 45.2 Å². The van der Waals surface area contributed by atoms with Crippen LogP contribution in [0.4, 0.5) is 0 Å². The largest absolute Gasteiger partial charge is 0.346 e. The molecule has 2 aromatic heterocycles. The highest BCUT2D eigenvalue weighted by atomic mass is 16.2. The molecule has 1 N–H and O–H groups in total. The van der Waals surface area contributed by atoms with Gasteiger partial charge < -0.3 is 5.32 Å². The molecule has 7 heteroatoms. The lowest BCUT2D eigenvalue weighted by molar-refractivity contribution is 0.0913. The third kappa shape index (κ3) is 3.84. The summed E-state index contributed by atoms with van der Waals surface area (Å²) in [6, 6.07) is 3.14. The second-order valence-electron chi connectivity index (χ2n) is 6.47. The first-order chi connectivity index (χ1) is 11.5. The van der Waals surface area contributed by atoms with Crippen LogP contribution in [0.1, 0.15) is 48.8 Å². The van der Waals surface area contributed by atoms with Crippen LogP contribution in [0.2, 0.25) is 0 Å². The van der Waals surface area contributed by atoms with Gasteiger partial charge in [0.2, 0.25) is 0 Å². The summed E-state index contributed by atoms with van der Waals surface area (Å²) in [7, 11) is 0. The first kappa shape index (κ1) is 16.3. The molecule has 1 fully saturated rings. The lowest BCUT2D eigenvalue weighted by Gasteiger charge is -2.22. The molecule has 0 aliphatic heterocycles. The number of hydrogen-bond donors (Lipinski definition) is 1. The summed E-state index contributed by atoms with van der Waals surface area (Å²) in [6.07, 6.45) is 6.67. The first-order valence-corrected chi connectivity index (χ1v) is 8.19. The van der Waals surface area contributed by atoms with Gasteiger partial charge in [-0.1, -0.05) is 13.8 Å². The summed E-state index contributed by atoms with van der Waals surface area (Å²) >= 11 is 0. The molecule has 0 bridgehead atoms. The molecule has 0 saturated heterocycles. The van der Waals surface area contributed by atoms with Crippen molar-refractivity contribution in [1.29, 1.82) is 0 Å². The average Bonchev–Trinajstić information content (AvgIpc) is 3.41. The number of nitrogens with zero attached hydrogens (tertiary/aromatic N) is 4. The van der Waals surface area contributed by atoms with Crippen molar-refractivity contribution < 1.29 is 4.79 Å². The molecule has 1 saturated carbocycles. The van der Waals surface area contributed by atoms with Gasteiger partial charge in [0, 0.05) is 24.4 Å². The highest BCUT2D eigenvalue weighted by Crippen LogP contribution is 2.38. The molecule has 1 aliphatic carbocycles. The van der Waals surface area contributed by atoms with E-state index in [1.165, 1.54) is 23.3 Å². The standard InChI is InChI=1S/C17H21N5O2/c1-11(2)15(20-17(24)14-9-18-7-8-19-14)10-22-16(23)6-5-13(21-22)12-3-4-12/h5-9,11-12,15H,3-4,10H2,1-2H3,(H,20,24)/t15-/m1/s1.